The van der Waals surface area contributed by atoms with E-state index in [1.54, 1.807) is 12.1 Å². The minimum Gasteiger partial charge on any atom is -0.490 e. The number of hydrogen-bond acceptors (Lipinski definition) is 7. The maximum atomic E-state index is 12.4. The molecule has 2 aromatic carbocycles. The normalized spacial score (nSPS) is 13.4. The van der Waals surface area contributed by atoms with E-state index in [0.717, 1.165) is 31.2 Å². The maximum Gasteiger partial charge on any atom is 0.338 e. The number of carbonyl (C=O) groups excluding carboxylic acids is 2. The zero-order valence-electron chi connectivity index (χ0n) is 19.9. The Hall–Kier alpha value is -3.42. The van der Waals surface area contributed by atoms with Crippen LogP contribution in [0, 0.1) is 0 Å². The number of anilines is 1. The molecule has 1 saturated carbocycles. The van der Waals surface area contributed by atoms with Gasteiger partial charge in [-0.1, -0.05) is 6.07 Å². The van der Waals surface area contributed by atoms with E-state index < -0.39 is 5.97 Å². The van der Waals surface area contributed by atoms with Gasteiger partial charge in [0.2, 0.25) is 0 Å². The van der Waals surface area contributed by atoms with Gasteiger partial charge in [-0.2, -0.15) is 0 Å². The molecule has 1 fully saturated rings. The molecular formula is C26H34N2O6. The third-order valence-corrected chi connectivity index (χ3v) is 5.53. The summed E-state index contributed by atoms with van der Waals surface area (Å²) in [6.07, 6.45) is 4.55. The number of ether oxygens (including phenoxy) is 4. The SMILES string of the molecule is CCOc1ccc(CCNC(=O)COc2cc(C(=O)OC3CCCC3)ccc2N)cc1OCC. The van der Waals surface area contributed by atoms with Gasteiger partial charge in [0.15, 0.2) is 18.1 Å². The van der Waals surface area contributed by atoms with Crippen molar-refractivity contribution in [3.8, 4) is 17.2 Å². The largest absolute Gasteiger partial charge is 0.490 e. The van der Waals surface area contributed by atoms with Crippen molar-refractivity contribution in [1.82, 2.24) is 5.32 Å². The van der Waals surface area contributed by atoms with Gasteiger partial charge in [-0.3, -0.25) is 4.79 Å². The third kappa shape index (κ3) is 7.30. The number of carbonyl (C=O) groups is 2. The van der Waals surface area contributed by atoms with Crippen LogP contribution in [0.1, 0.15) is 55.5 Å². The fourth-order valence-electron chi connectivity index (χ4n) is 3.80. The van der Waals surface area contributed by atoms with Crippen LogP contribution < -0.4 is 25.3 Å². The maximum absolute atomic E-state index is 12.4. The Kier molecular flexibility index (Phi) is 9.43. The number of esters is 1. The van der Waals surface area contributed by atoms with Crippen molar-refractivity contribution in [2.45, 2.75) is 52.1 Å². The first-order valence-electron chi connectivity index (χ1n) is 11.9. The Morgan fingerprint density at radius 3 is 2.41 bits per heavy atom. The molecule has 0 bridgehead atoms. The Bertz CT molecular complexity index is 972. The molecule has 0 aliphatic heterocycles. The standard InChI is InChI=1S/C26H34N2O6/c1-3-31-22-12-9-18(15-24(22)32-4-2)13-14-28-25(29)17-33-23-16-19(10-11-21(23)27)26(30)34-20-7-5-6-8-20/h9-12,15-16,20H,3-8,13-14,17,27H2,1-2H3,(H,28,29). The summed E-state index contributed by atoms with van der Waals surface area (Å²) in [4.78, 5) is 24.6. The van der Waals surface area contributed by atoms with Crippen molar-refractivity contribution in [1.29, 1.82) is 0 Å². The summed E-state index contributed by atoms with van der Waals surface area (Å²) in [7, 11) is 0. The van der Waals surface area contributed by atoms with Crippen molar-refractivity contribution in [2.24, 2.45) is 0 Å². The fourth-order valence-corrected chi connectivity index (χ4v) is 3.80. The number of amides is 1. The van der Waals surface area contributed by atoms with Gasteiger partial charge in [0, 0.05) is 6.54 Å². The van der Waals surface area contributed by atoms with E-state index in [4.69, 9.17) is 24.7 Å². The lowest BCUT2D eigenvalue weighted by molar-refractivity contribution is -0.123. The Labute approximate surface area is 200 Å². The van der Waals surface area contributed by atoms with Crippen molar-refractivity contribution in [3.63, 3.8) is 0 Å². The zero-order valence-corrected chi connectivity index (χ0v) is 19.9. The molecule has 3 rings (SSSR count). The van der Waals surface area contributed by atoms with Crippen LogP contribution in [0.25, 0.3) is 0 Å². The van der Waals surface area contributed by atoms with Gasteiger partial charge < -0.3 is 30.0 Å². The summed E-state index contributed by atoms with van der Waals surface area (Å²) >= 11 is 0. The van der Waals surface area contributed by atoms with Gasteiger partial charge in [-0.05, 0) is 81.8 Å². The molecule has 8 nitrogen and oxygen atoms in total. The molecule has 0 atom stereocenters. The highest BCUT2D eigenvalue weighted by Crippen LogP contribution is 2.29. The summed E-state index contributed by atoms with van der Waals surface area (Å²) in [5.74, 6) is 0.997. The van der Waals surface area contributed by atoms with E-state index in [0.29, 0.717) is 48.9 Å². The van der Waals surface area contributed by atoms with Crippen LogP contribution in [0.3, 0.4) is 0 Å². The van der Waals surface area contributed by atoms with Crippen LogP contribution in [0.4, 0.5) is 5.69 Å². The molecule has 0 saturated heterocycles. The second-order valence-corrected chi connectivity index (χ2v) is 8.10. The van der Waals surface area contributed by atoms with Crippen LogP contribution in [-0.4, -0.2) is 44.3 Å². The van der Waals surface area contributed by atoms with Crippen LogP contribution >= 0.6 is 0 Å². The first-order valence-corrected chi connectivity index (χ1v) is 11.9. The number of nitrogen functional groups attached to an aromatic ring is 1. The van der Waals surface area contributed by atoms with E-state index in [1.807, 2.05) is 32.0 Å². The van der Waals surface area contributed by atoms with Gasteiger partial charge in [0.25, 0.3) is 5.91 Å². The molecule has 1 aliphatic rings. The molecule has 0 spiro atoms. The highest BCUT2D eigenvalue weighted by molar-refractivity contribution is 5.91. The lowest BCUT2D eigenvalue weighted by Crippen LogP contribution is -2.30. The molecule has 184 valence electrons. The number of hydrogen-bond donors (Lipinski definition) is 2. The van der Waals surface area contributed by atoms with Crippen LogP contribution in [0.15, 0.2) is 36.4 Å². The summed E-state index contributed by atoms with van der Waals surface area (Å²) in [6.45, 7) is 5.17. The van der Waals surface area contributed by atoms with E-state index in [2.05, 4.69) is 5.32 Å². The lowest BCUT2D eigenvalue weighted by Gasteiger charge is -2.14. The number of rotatable bonds is 12. The molecule has 0 aromatic heterocycles. The molecule has 2 aromatic rings. The van der Waals surface area contributed by atoms with Gasteiger partial charge in [-0.15, -0.1) is 0 Å². The molecule has 34 heavy (non-hydrogen) atoms. The minimum absolute atomic E-state index is 0.0276. The van der Waals surface area contributed by atoms with Gasteiger partial charge in [-0.25, -0.2) is 4.79 Å². The average Bonchev–Trinajstić information content (AvgIpc) is 3.33. The average molecular weight is 471 g/mol. The first-order chi connectivity index (χ1) is 16.5. The minimum atomic E-state index is -0.400. The molecule has 1 amide bonds. The van der Waals surface area contributed by atoms with Gasteiger partial charge in [0.1, 0.15) is 11.9 Å². The summed E-state index contributed by atoms with van der Waals surface area (Å²) in [5.41, 5.74) is 7.68. The Morgan fingerprint density at radius 1 is 0.941 bits per heavy atom. The number of nitrogens with two attached hydrogens (primary N) is 1. The highest BCUT2D eigenvalue weighted by Gasteiger charge is 2.21. The molecule has 0 heterocycles. The fraction of sp³-hybridized carbons (Fsp3) is 0.462. The zero-order chi connectivity index (χ0) is 24.3. The summed E-state index contributed by atoms with van der Waals surface area (Å²) < 4.78 is 22.3. The number of benzene rings is 2. The smallest absolute Gasteiger partial charge is 0.338 e. The predicted molar refractivity (Wildman–Crippen MR) is 130 cm³/mol. The predicted octanol–water partition coefficient (Wildman–Crippen LogP) is 3.90. The molecule has 0 radical (unpaired) electrons. The quantitative estimate of drug-likeness (QED) is 0.358. The first kappa shape index (κ1) is 25.2. The van der Waals surface area contributed by atoms with E-state index >= 15 is 0 Å². The monoisotopic (exact) mass is 470 g/mol. The molecule has 1 aliphatic carbocycles. The van der Waals surface area contributed by atoms with Gasteiger partial charge >= 0.3 is 5.97 Å². The highest BCUT2D eigenvalue weighted by atomic mass is 16.5. The van der Waals surface area contributed by atoms with Crippen molar-refractivity contribution >= 4 is 17.6 Å². The van der Waals surface area contributed by atoms with Crippen LogP contribution in [0.5, 0.6) is 17.2 Å². The van der Waals surface area contributed by atoms with Crippen molar-refractivity contribution in [2.75, 3.05) is 32.1 Å². The Morgan fingerprint density at radius 2 is 1.68 bits per heavy atom. The molecule has 0 unspecified atom stereocenters. The van der Waals surface area contributed by atoms with Crippen LogP contribution in [-0.2, 0) is 16.0 Å². The molecule has 3 N–H and O–H groups in total. The lowest BCUT2D eigenvalue weighted by atomic mass is 10.1. The topological polar surface area (TPSA) is 109 Å². The molecular weight excluding hydrogens is 436 g/mol. The van der Waals surface area contributed by atoms with E-state index in [-0.39, 0.29) is 24.4 Å². The molecule has 8 heteroatoms. The summed E-state index contributed by atoms with van der Waals surface area (Å²) in [6, 6.07) is 10.5. The van der Waals surface area contributed by atoms with E-state index in [1.165, 1.54) is 6.07 Å². The second kappa shape index (κ2) is 12.7. The van der Waals surface area contributed by atoms with Gasteiger partial charge in [0.05, 0.1) is 24.5 Å². The van der Waals surface area contributed by atoms with Crippen LogP contribution in [0.2, 0.25) is 0 Å². The Balaban J connectivity index is 1.47. The van der Waals surface area contributed by atoms with Crippen molar-refractivity contribution in [3.05, 3.63) is 47.5 Å². The second-order valence-electron chi connectivity index (χ2n) is 8.10. The van der Waals surface area contributed by atoms with E-state index in [9.17, 15) is 9.59 Å². The third-order valence-electron chi connectivity index (χ3n) is 5.53. The summed E-state index contributed by atoms with van der Waals surface area (Å²) in [5, 5.41) is 2.83. The van der Waals surface area contributed by atoms with Crippen molar-refractivity contribution < 1.29 is 28.5 Å². The number of nitrogens with one attached hydrogen (secondary N) is 1.